The number of halogens is 1. The molecule has 1 aromatic rings. The van der Waals surface area contributed by atoms with Gasteiger partial charge in [0.15, 0.2) is 6.61 Å². The molecule has 23 heavy (non-hydrogen) atoms. The van der Waals surface area contributed by atoms with Crippen molar-refractivity contribution >= 4 is 24.2 Å². The van der Waals surface area contributed by atoms with Crippen LogP contribution in [0.2, 0.25) is 0 Å². The molecule has 1 saturated carbocycles. The number of carbonyl (C=O) groups is 2. The van der Waals surface area contributed by atoms with E-state index in [1.165, 1.54) is 0 Å². The summed E-state index contributed by atoms with van der Waals surface area (Å²) in [5, 5.41) is 2.90. The van der Waals surface area contributed by atoms with Crippen molar-refractivity contribution in [2.24, 2.45) is 17.4 Å². The largest absolute Gasteiger partial charge is 0.484 e. The van der Waals surface area contributed by atoms with Gasteiger partial charge in [0.2, 0.25) is 5.91 Å². The maximum Gasteiger partial charge on any atom is 0.255 e. The Balaban J connectivity index is 0.00000264. The van der Waals surface area contributed by atoms with Gasteiger partial charge in [0, 0.05) is 19.0 Å². The third-order valence-corrected chi connectivity index (χ3v) is 3.93. The Morgan fingerprint density at radius 2 is 2.09 bits per heavy atom. The molecule has 5 N–H and O–H groups in total. The number of hydrogen-bond acceptors (Lipinski definition) is 4. The van der Waals surface area contributed by atoms with E-state index in [1.807, 2.05) is 12.1 Å². The summed E-state index contributed by atoms with van der Waals surface area (Å²) in [6.45, 7) is 0.268. The van der Waals surface area contributed by atoms with E-state index >= 15 is 0 Å². The highest BCUT2D eigenvalue weighted by atomic mass is 35.5. The Labute approximate surface area is 142 Å². The molecule has 0 radical (unpaired) electrons. The van der Waals surface area contributed by atoms with Gasteiger partial charge in [0.1, 0.15) is 5.75 Å². The van der Waals surface area contributed by atoms with Crippen LogP contribution in [0.3, 0.4) is 0 Å². The van der Waals surface area contributed by atoms with Crippen molar-refractivity contribution in [3.05, 3.63) is 29.8 Å². The Morgan fingerprint density at radius 3 is 2.74 bits per heavy atom. The third kappa shape index (κ3) is 6.46. The lowest BCUT2D eigenvalue weighted by molar-refractivity contribution is -0.122. The second kappa shape index (κ2) is 9.37. The molecule has 0 aromatic heterocycles. The molecule has 6 nitrogen and oxygen atoms in total. The van der Waals surface area contributed by atoms with Crippen molar-refractivity contribution in [1.82, 2.24) is 5.32 Å². The van der Waals surface area contributed by atoms with E-state index in [4.69, 9.17) is 16.2 Å². The second-order valence-corrected chi connectivity index (χ2v) is 5.74. The Hall–Kier alpha value is -1.79. The molecule has 0 heterocycles. The second-order valence-electron chi connectivity index (χ2n) is 5.74. The molecule has 128 valence electrons. The van der Waals surface area contributed by atoms with Gasteiger partial charge in [-0.3, -0.25) is 9.59 Å². The zero-order valence-corrected chi connectivity index (χ0v) is 13.8. The molecule has 2 rings (SSSR count). The van der Waals surface area contributed by atoms with Gasteiger partial charge in [-0.05, 0) is 36.5 Å². The number of ether oxygens (including phenoxy) is 1. The van der Waals surface area contributed by atoms with Gasteiger partial charge in [-0.2, -0.15) is 0 Å². The van der Waals surface area contributed by atoms with Gasteiger partial charge in [-0.25, -0.2) is 0 Å². The fourth-order valence-electron chi connectivity index (χ4n) is 2.73. The minimum absolute atomic E-state index is 0. The molecule has 0 saturated heterocycles. The topological polar surface area (TPSA) is 107 Å². The Morgan fingerprint density at radius 1 is 1.30 bits per heavy atom. The van der Waals surface area contributed by atoms with Crippen molar-refractivity contribution in [2.45, 2.75) is 38.3 Å². The number of hydrogen-bond donors (Lipinski definition) is 3. The molecule has 2 amide bonds. The minimum Gasteiger partial charge on any atom is -0.484 e. The fraction of sp³-hybridized carbons (Fsp3) is 0.500. The molecule has 1 fully saturated rings. The minimum atomic E-state index is -0.522. The average Bonchev–Trinajstić information content (AvgIpc) is 2.89. The van der Waals surface area contributed by atoms with Crippen molar-refractivity contribution in [3.8, 4) is 5.75 Å². The summed E-state index contributed by atoms with van der Waals surface area (Å²) in [6, 6.07) is 7.37. The van der Waals surface area contributed by atoms with Crippen LogP contribution < -0.4 is 21.5 Å². The number of amides is 2. The smallest absolute Gasteiger partial charge is 0.255 e. The Kier molecular flexibility index (Phi) is 7.85. The van der Waals surface area contributed by atoms with Gasteiger partial charge in [0.25, 0.3) is 5.91 Å². The van der Waals surface area contributed by atoms with E-state index in [2.05, 4.69) is 5.32 Å². The van der Waals surface area contributed by atoms with E-state index in [0.717, 1.165) is 24.8 Å². The quantitative estimate of drug-likeness (QED) is 0.690. The third-order valence-electron chi connectivity index (χ3n) is 3.93. The number of primary amides is 1. The highest BCUT2D eigenvalue weighted by Crippen LogP contribution is 2.26. The lowest BCUT2D eigenvalue weighted by atomic mass is 10.00. The molecule has 1 aliphatic rings. The molecular weight excluding hydrogens is 318 g/mol. The molecule has 7 heteroatoms. The summed E-state index contributed by atoms with van der Waals surface area (Å²) < 4.78 is 5.23. The lowest BCUT2D eigenvalue weighted by Crippen LogP contribution is -2.31. The van der Waals surface area contributed by atoms with Gasteiger partial charge >= 0.3 is 0 Å². The van der Waals surface area contributed by atoms with E-state index in [0.29, 0.717) is 24.6 Å². The molecule has 0 aliphatic heterocycles. The molecule has 1 aromatic carbocycles. The van der Waals surface area contributed by atoms with Crippen LogP contribution in [0.1, 0.15) is 31.2 Å². The number of benzene rings is 1. The highest BCUT2D eigenvalue weighted by molar-refractivity contribution is 5.85. The molecule has 0 unspecified atom stereocenters. The van der Waals surface area contributed by atoms with Crippen molar-refractivity contribution in [1.29, 1.82) is 0 Å². The van der Waals surface area contributed by atoms with Gasteiger partial charge in [-0.1, -0.05) is 18.6 Å². The first-order valence-corrected chi connectivity index (χ1v) is 7.57. The highest BCUT2D eigenvalue weighted by Gasteiger charge is 2.25. The summed E-state index contributed by atoms with van der Waals surface area (Å²) in [4.78, 5) is 22.7. The van der Waals surface area contributed by atoms with Crippen molar-refractivity contribution in [3.63, 3.8) is 0 Å². The van der Waals surface area contributed by atoms with Crippen LogP contribution >= 0.6 is 12.4 Å². The first kappa shape index (κ1) is 19.3. The maximum atomic E-state index is 12.0. The normalized spacial score (nSPS) is 19.7. The summed E-state index contributed by atoms with van der Waals surface area (Å²) in [7, 11) is 0. The lowest BCUT2D eigenvalue weighted by Gasteiger charge is -2.15. The molecule has 1 aliphatic carbocycles. The number of nitrogens with one attached hydrogen (secondary N) is 1. The Bertz CT molecular complexity index is 539. The summed E-state index contributed by atoms with van der Waals surface area (Å²) in [5.74, 6) is 0.353. The molecule has 0 bridgehead atoms. The number of carbonyl (C=O) groups excluding carboxylic acids is 2. The van der Waals surface area contributed by atoms with Gasteiger partial charge in [-0.15, -0.1) is 12.4 Å². The zero-order chi connectivity index (χ0) is 15.9. The average molecular weight is 342 g/mol. The van der Waals surface area contributed by atoms with E-state index in [1.54, 1.807) is 12.1 Å². The summed E-state index contributed by atoms with van der Waals surface area (Å²) in [5.41, 5.74) is 11.9. The van der Waals surface area contributed by atoms with Gasteiger partial charge < -0.3 is 21.5 Å². The van der Waals surface area contributed by atoms with Crippen LogP contribution in [0.15, 0.2) is 24.3 Å². The molecule has 2 atom stereocenters. The van der Waals surface area contributed by atoms with Crippen LogP contribution in [0, 0.1) is 5.92 Å². The van der Waals surface area contributed by atoms with E-state index in [9.17, 15) is 9.59 Å². The van der Waals surface area contributed by atoms with Crippen LogP contribution in [0.25, 0.3) is 0 Å². The van der Waals surface area contributed by atoms with Gasteiger partial charge in [0.05, 0.1) is 0 Å². The molecule has 0 spiro atoms. The van der Waals surface area contributed by atoms with Crippen LogP contribution in [-0.4, -0.2) is 24.5 Å². The first-order chi connectivity index (χ1) is 10.5. The maximum absolute atomic E-state index is 12.0. The standard InChI is InChI=1S/C16H23N3O3.ClH/c17-14-6-2-4-12(14)8-16(21)19-9-11-3-1-5-13(7-11)22-10-15(18)20;/h1,3,5,7,12,14H,2,4,6,8-10,17H2,(H2,18,20)(H,19,21);1H/t12-,14+;/m0./s1. The van der Waals surface area contributed by atoms with Crippen LogP contribution in [0.4, 0.5) is 0 Å². The summed E-state index contributed by atoms with van der Waals surface area (Å²) >= 11 is 0. The van der Waals surface area contributed by atoms with E-state index < -0.39 is 5.91 Å². The monoisotopic (exact) mass is 341 g/mol. The number of rotatable bonds is 7. The van der Waals surface area contributed by atoms with Crippen LogP contribution in [-0.2, 0) is 16.1 Å². The number of nitrogens with two attached hydrogens (primary N) is 2. The van der Waals surface area contributed by atoms with Crippen LogP contribution in [0.5, 0.6) is 5.75 Å². The predicted octanol–water partition coefficient (Wildman–Crippen LogP) is 1.11. The van der Waals surface area contributed by atoms with Crippen molar-refractivity contribution in [2.75, 3.05) is 6.61 Å². The van der Waals surface area contributed by atoms with Crippen molar-refractivity contribution < 1.29 is 14.3 Å². The zero-order valence-electron chi connectivity index (χ0n) is 13.0. The SMILES string of the molecule is Cl.NC(=O)COc1cccc(CNC(=O)C[C@@H]2CCC[C@H]2N)c1. The first-order valence-electron chi connectivity index (χ1n) is 7.57. The molecular formula is C16H24ClN3O3. The van der Waals surface area contributed by atoms with E-state index in [-0.39, 0.29) is 31.0 Å². The fourth-order valence-corrected chi connectivity index (χ4v) is 2.73. The summed E-state index contributed by atoms with van der Waals surface area (Å²) in [6.07, 6.45) is 3.64. The predicted molar refractivity (Wildman–Crippen MR) is 90.2 cm³/mol.